The number of halogens is 1. The fourth-order valence-electron chi connectivity index (χ4n) is 4.41. The van der Waals surface area contributed by atoms with Gasteiger partial charge in [0.2, 0.25) is 0 Å². The summed E-state index contributed by atoms with van der Waals surface area (Å²) in [5.74, 6) is 1.41. The van der Waals surface area contributed by atoms with E-state index in [-0.39, 0.29) is 17.7 Å². The molecule has 2 aromatic carbocycles. The maximum atomic E-state index is 13.4. The van der Waals surface area contributed by atoms with Crippen molar-refractivity contribution in [3.8, 4) is 22.6 Å². The number of pyridine rings is 1. The predicted octanol–water partition coefficient (Wildman–Crippen LogP) is 4.12. The zero-order valence-corrected chi connectivity index (χ0v) is 20.2. The monoisotopic (exact) mass is 503 g/mol. The van der Waals surface area contributed by atoms with Gasteiger partial charge in [0, 0.05) is 24.8 Å². The van der Waals surface area contributed by atoms with Crippen LogP contribution in [0.25, 0.3) is 27.8 Å². The Morgan fingerprint density at radius 2 is 1.83 bits per heavy atom. The van der Waals surface area contributed by atoms with Gasteiger partial charge in [0.25, 0.3) is 5.56 Å². The summed E-state index contributed by atoms with van der Waals surface area (Å²) in [7, 11) is 1.61. The Kier molecular flexibility index (Phi) is 5.79. The first-order valence-corrected chi connectivity index (χ1v) is 11.9. The van der Waals surface area contributed by atoms with Crippen molar-refractivity contribution in [3.05, 3.63) is 81.4 Å². The lowest BCUT2D eigenvalue weighted by Gasteiger charge is -2.11. The minimum Gasteiger partial charge on any atom is -0.490 e. The van der Waals surface area contributed by atoms with Gasteiger partial charge >= 0.3 is 0 Å². The van der Waals surface area contributed by atoms with Crippen LogP contribution in [0, 0.1) is 0 Å². The highest BCUT2D eigenvalue weighted by molar-refractivity contribution is 6.30. The third-order valence-electron chi connectivity index (χ3n) is 6.10. The van der Waals surface area contributed by atoms with E-state index in [1.807, 2.05) is 48.5 Å². The van der Waals surface area contributed by atoms with Crippen LogP contribution >= 0.6 is 11.6 Å². The van der Waals surface area contributed by atoms with E-state index < -0.39 is 0 Å². The van der Waals surface area contributed by atoms with Gasteiger partial charge in [-0.05, 0) is 41.5 Å². The van der Waals surface area contributed by atoms with Crippen LogP contribution in [0.1, 0.15) is 17.7 Å². The molecule has 10 heteroatoms. The number of benzene rings is 2. The van der Waals surface area contributed by atoms with Crippen LogP contribution in [0.15, 0.2) is 59.5 Å². The van der Waals surface area contributed by atoms with Crippen molar-refractivity contribution in [1.82, 2.24) is 24.4 Å². The summed E-state index contributed by atoms with van der Waals surface area (Å²) >= 11 is 6.08. The van der Waals surface area contributed by atoms with Crippen molar-refractivity contribution >= 4 is 28.3 Å². The van der Waals surface area contributed by atoms with Crippen molar-refractivity contribution in [1.29, 1.82) is 0 Å². The molecule has 4 heterocycles. The highest BCUT2D eigenvalue weighted by atomic mass is 35.5. The standard InChI is InChI=1S/C26H22ClN5O4/c1-34-15-19-23(17-4-6-18(27)7-5-17)25-29-28-24-20(32(25)30-19)9-10-31(26(24)33)14-16-3-8-21-22(13-16)36-12-2-11-35-21/h3-10,13H,2,11-12,14-15H2,1H3. The molecule has 0 bridgehead atoms. The predicted molar refractivity (Wildman–Crippen MR) is 135 cm³/mol. The fourth-order valence-corrected chi connectivity index (χ4v) is 4.53. The molecule has 9 nitrogen and oxygen atoms in total. The molecule has 0 unspecified atom stereocenters. The van der Waals surface area contributed by atoms with Crippen LogP contribution in [-0.2, 0) is 17.9 Å². The molecule has 0 fully saturated rings. The molecule has 0 N–H and O–H groups in total. The van der Waals surface area contributed by atoms with Crippen LogP contribution in [0.3, 0.4) is 0 Å². The van der Waals surface area contributed by atoms with Gasteiger partial charge in [-0.25, -0.2) is 4.52 Å². The quantitative estimate of drug-likeness (QED) is 0.356. The second-order valence-corrected chi connectivity index (χ2v) is 8.95. The summed E-state index contributed by atoms with van der Waals surface area (Å²) in [6.07, 6.45) is 2.58. The average molecular weight is 504 g/mol. The number of hydrogen-bond acceptors (Lipinski definition) is 7. The topological polar surface area (TPSA) is 92.8 Å². The lowest BCUT2D eigenvalue weighted by atomic mass is 10.1. The van der Waals surface area contributed by atoms with Gasteiger partial charge in [0.1, 0.15) is 5.52 Å². The van der Waals surface area contributed by atoms with E-state index in [1.54, 1.807) is 22.4 Å². The second-order valence-electron chi connectivity index (χ2n) is 8.51. The Balaban J connectivity index is 1.43. The number of hydrogen-bond donors (Lipinski definition) is 0. The van der Waals surface area contributed by atoms with E-state index in [4.69, 9.17) is 30.9 Å². The molecule has 6 rings (SSSR count). The molecule has 0 saturated heterocycles. The average Bonchev–Trinajstić information content (AvgIpc) is 3.09. The van der Waals surface area contributed by atoms with Crippen molar-refractivity contribution in [2.75, 3.05) is 20.3 Å². The normalized spacial score (nSPS) is 13.3. The molecule has 1 aliphatic heterocycles. The lowest BCUT2D eigenvalue weighted by Crippen LogP contribution is -2.22. The van der Waals surface area contributed by atoms with Gasteiger partial charge in [-0.3, -0.25) is 4.79 Å². The molecule has 36 heavy (non-hydrogen) atoms. The molecule has 182 valence electrons. The number of fused-ring (bicyclic) bond motifs is 4. The first-order valence-electron chi connectivity index (χ1n) is 11.5. The Hall–Kier alpha value is -3.95. The van der Waals surface area contributed by atoms with Crippen LogP contribution < -0.4 is 15.0 Å². The maximum Gasteiger partial charge on any atom is 0.280 e. The Labute approximate surface area is 210 Å². The first-order chi connectivity index (χ1) is 17.6. The zero-order valence-electron chi connectivity index (χ0n) is 19.5. The molecule has 0 amide bonds. The van der Waals surface area contributed by atoms with Gasteiger partial charge in [-0.2, -0.15) is 5.10 Å². The maximum absolute atomic E-state index is 13.4. The van der Waals surface area contributed by atoms with E-state index in [2.05, 4.69) is 10.2 Å². The first kappa shape index (κ1) is 22.5. The van der Waals surface area contributed by atoms with E-state index >= 15 is 0 Å². The van der Waals surface area contributed by atoms with Gasteiger partial charge in [0.05, 0.1) is 37.6 Å². The Morgan fingerprint density at radius 3 is 2.64 bits per heavy atom. The number of methoxy groups -OCH3 is 1. The summed E-state index contributed by atoms with van der Waals surface area (Å²) in [6, 6.07) is 15.0. The lowest BCUT2D eigenvalue weighted by molar-refractivity contribution is 0.181. The third kappa shape index (κ3) is 3.96. The zero-order chi connectivity index (χ0) is 24.6. The van der Waals surface area contributed by atoms with Crippen LogP contribution in [-0.4, -0.2) is 44.7 Å². The summed E-state index contributed by atoms with van der Waals surface area (Å²) in [4.78, 5) is 13.4. The highest BCUT2D eigenvalue weighted by Gasteiger charge is 2.20. The summed E-state index contributed by atoms with van der Waals surface area (Å²) in [5, 5.41) is 14.1. The van der Waals surface area contributed by atoms with Crippen LogP contribution in [0.4, 0.5) is 0 Å². The molecule has 5 aromatic rings. The summed E-state index contributed by atoms with van der Waals surface area (Å²) in [6.45, 7) is 1.87. The van der Waals surface area contributed by atoms with Crippen molar-refractivity contribution in [2.24, 2.45) is 0 Å². The number of aromatic nitrogens is 5. The summed E-state index contributed by atoms with van der Waals surface area (Å²) < 4.78 is 20.1. The minimum absolute atomic E-state index is 0.230. The van der Waals surface area contributed by atoms with E-state index in [1.165, 1.54) is 0 Å². The van der Waals surface area contributed by atoms with Gasteiger partial charge in [-0.15, -0.1) is 10.2 Å². The van der Waals surface area contributed by atoms with E-state index in [9.17, 15) is 4.79 Å². The van der Waals surface area contributed by atoms with Gasteiger partial charge < -0.3 is 18.8 Å². The van der Waals surface area contributed by atoms with Crippen molar-refractivity contribution in [2.45, 2.75) is 19.6 Å². The molecular weight excluding hydrogens is 482 g/mol. The second kappa shape index (κ2) is 9.25. The Bertz CT molecular complexity index is 1650. The molecule has 0 atom stereocenters. The van der Waals surface area contributed by atoms with E-state index in [0.29, 0.717) is 47.4 Å². The Morgan fingerprint density at radius 1 is 1.03 bits per heavy atom. The van der Waals surface area contributed by atoms with E-state index in [0.717, 1.165) is 28.9 Å². The van der Waals surface area contributed by atoms with Crippen LogP contribution in [0.2, 0.25) is 5.02 Å². The molecule has 3 aromatic heterocycles. The smallest absolute Gasteiger partial charge is 0.280 e. The fraction of sp³-hybridized carbons (Fsp3) is 0.231. The molecule has 0 saturated carbocycles. The van der Waals surface area contributed by atoms with Gasteiger partial charge in [-0.1, -0.05) is 29.8 Å². The molecule has 0 radical (unpaired) electrons. The molecular formula is C26H22ClN5O4. The van der Waals surface area contributed by atoms with Crippen LogP contribution in [0.5, 0.6) is 11.5 Å². The van der Waals surface area contributed by atoms with Crippen molar-refractivity contribution in [3.63, 3.8) is 0 Å². The molecule has 1 aliphatic rings. The number of ether oxygens (including phenoxy) is 3. The van der Waals surface area contributed by atoms with Gasteiger partial charge in [0.15, 0.2) is 22.7 Å². The highest BCUT2D eigenvalue weighted by Crippen LogP contribution is 2.31. The number of nitrogens with zero attached hydrogens (tertiary/aromatic N) is 5. The number of rotatable bonds is 5. The third-order valence-corrected chi connectivity index (χ3v) is 6.36. The molecule has 0 aliphatic carbocycles. The molecule has 0 spiro atoms. The minimum atomic E-state index is -0.258. The summed E-state index contributed by atoms with van der Waals surface area (Å²) in [5.41, 5.74) is 4.37. The van der Waals surface area contributed by atoms with Crippen molar-refractivity contribution < 1.29 is 14.2 Å². The largest absolute Gasteiger partial charge is 0.490 e. The SMILES string of the molecule is COCc1nn2c(nnc3c(=O)n(Cc4ccc5c(c4)OCCCO5)ccc32)c1-c1ccc(Cl)cc1.